The number of ketones is 1. The smallest absolute Gasteiger partial charge is 0.251 e. The van der Waals surface area contributed by atoms with Crippen molar-refractivity contribution in [2.45, 2.75) is 57.0 Å². The molecular weight excluding hydrogens is 378 g/mol. The van der Waals surface area contributed by atoms with Crippen LogP contribution in [0.1, 0.15) is 53.5 Å². The number of aromatic nitrogens is 2. The van der Waals surface area contributed by atoms with Gasteiger partial charge in [-0.05, 0) is 51.7 Å². The summed E-state index contributed by atoms with van der Waals surface area (Å²) in [5.41, 5.74) is 2.17. The molecule has 3 heterocycles. The Hall–Kier alpha value is -2.19. The molecule has 2 aliphatic rings. The monoisotopic (exact) mass is 403 g/mol. The van der Waals surface area contributed by atoms with E-state index in [1.165, 1.54) is 27.2 Å². The quantitative estimate of drug-likeness (QED) is 0.693. The Morgan fingerprint density at radius 2 is 1.82 bits per heavy atom. The van der Waals surface area contributed by atoms with Gasteiger partial charge in [-0.3, -0.25) is 9.59 Å². The first kappa shape index (κ1) is 19.1. The fourth-order valence-electron chi connectivity index (χ4n) is 4.06. The highest BCUT2D eigenvalue weighted by Gasteiger charge is 2.29. The summed E-state index contributed by atoms with van der Waals surface area (Å²) < 4.78 is 30.3. The van der Waals surface area contributed by atoms with Crippen LogP contribution in [0.4, 0.5) is 0 Å². The fourth-order valence-corrected chi connectivity index (χ4v) is 5.59. The maximum absolute atomic E-state index is 12.9. The van der Waals surface area contributed by atoms with Gasteiger partial charge in [0.2, 0.25) is 10.0 Å². The Labute approximate surface area is 164 Å². The van der Waals surface area contributed by atoms with E-state index in [4.69, 9.17) is 0 Å². The minimum absolute atomic E-state index is 0.0604. The van der Waals surface area contributed by atoms with Gasteiger partial charge in [0.1, 0.15) is 0 Å². The average Bonchev–Trinajstić information content (AvgIpc) is 3.21. The Morgan fingerprint density at radius 3 is 2.46 bits per heavy atom. The van der Waals surface area contributed by atoms with Crippen molar-refractivity contribution >= 4 is 15.8 Å². The zero-order valence-corrected chi connectivity index (χ0v) is 17.0. The molecular formula is C20H25N3O4S. The molecule has 0 unspecified atom stereocenters. The summed E-state index contributed by atoms with van der Waals surface area (Å²) in [5, 5.41) is 0. The van der Waals surface area contributed by atoms with Crippen molar-refractivity contribution in [3.05, 3.63) is 51.7 Å². The number of hydrogen-bond acceptors (Lipinski definition) is 4. The number of rotatable bonds is 6. The SMILES string of the molecule is Cc1cc(C(=O)Cn2cc(S(=O)(=O)N3CCCC3)ccc2=O)c(C)n1C1CC1. The number of Topliss-reactive ketones (excluding diaryl/α,β-unsaturated/α-hetero) is 1. The predicted molar refractivity (Wildman–Crippen MR) is 105 cm³/mol. The largest absolute Gasteiger partial charge is 0.345 e. The molecule has 1 saturated carbocycles. The summed E-state index contributed by atoms with van der Waals surface area (Å²) in [6.07, 6.45) is 5.23. The molecule has 1 aliphatic carbocycles. The molecule has 150 valence electrons. The molecule has 0 spiro atoms. The lowest BCUT2D eigenvalue weighted by Crippen LogP contribution is -2.30. The molecule has 0 amide bonds. The van der Waals surface area contributed by atoms with Gasteiger partial charge in [-0.15, -0.1) is 0 Å². The molecule has 8 heteroatoms. The van der Waals surface area contributed by atoms with Crippen LogP contribution in [-0.2, 0) is 16.6 Å². The van der Waals surface area contributed by atoms with E-state index in [-0.39, 0.29) is 22.8 Å². The van der Waals surface area contributed by atoms with E-state index in [9.17, 15) is 18.0 Å². The van der Waals surface area contributed by atoms with Crippen molar-refractivity contribution in [3.63, 3.8) is 0 Å². The lowest BCUT2D eigenvalue weighted by atomic mass is 10.1. The van der Waals surface area contributed by atoms with E-state index in [0.717, 1.165) is 37.1 Å². The van der Waals surface area contributed by atoms with Crippen LogP contribution in [0.25, 0.3) is 0 Å². The van der Waals surface area contributed by atoms with Crippen LogP contribution in [0.5, 0.6) is 0 Å². The highest BCUT2D eigenvalue weighted by molar-refractivity contribution is 7.89. The van der Waals surface area contributed by atoms with Crippen LogP contribution in [0.15, 0.2) is 34.1 Å². The molecule has 7 nitrogen and oxygen atoms in total. The average molecular weight is 404 g/mol. The van der Waals surface area contributed by atoms with Gasteiger partial charge in [-0.1, -0.05) is 0 Å². The third-order valence-corrected chi connectivity index (χ3v) is 7.55. The molecule has 28 heavy (non-hydrogen) atoms. The van der Waals surface area contributed by atoms with Gasteiger partial charge in [0, 0.05) is 48.3 Å². The zero-order chi connectivity index (χ0) is 20.1. The summed E-state index contributed by atoms with van der Waals surface area (Å²) in [6, 6.07) is 4.89. The van der Waals surface area contributed by atoms with Gasteiger partial charge < -0.3 is 9.13 Å². The van der Waals surface area contributed by atoms with Crippen LogP contribution in [-0.4, -0.2) is 40.7 Å². The summed E-state index contributed by atoms with van der Waals surface area (Å²) >= 11 is 0. The number of hydrogen-bond donors (Lipinski definition) is 0. The van der Waals surface area contributed by atoms with E-state index in [1.807, 2.05) is 19.9 Å². The lowest BCUT2D eigenvalue weighted by Gasteiger charge is -2.16. The second-order valence-electron chi connectivity index (χ2n) is 7.75. The molecule has 0 aromatic carbocycles. The standard InChI is InChI=1S/C20H25N3O4S/c1-14-11-18(15(2)23(14)16-5-6-16)19(24)13-21-12-17(7-8-20(21)25)28(26,27)22-9-3-4-10-22/h7-8,11-12,16H,3-6,9-10,13H2,1-2H3. The van der Waals surface area contributed by atoms with Crippen LogP contribution in [0.3, 0.4) is 0 Å². The fraction of sp³-hybridized carbons (Fsp3) is 0.500. The van der Waals surface area contributed by atoms with Crippen molar-refractivity contribution in [2.24, 2.45) is 0 Å². The van der Waals surface area contributed by atoms with Crippen LogP contribution < -0.4 is 5.56 Å². The summed E-state index contributed by atoms with van der Waals surface area (Å²) in [4.78, 5) is 25.2. The Kier molecular flexibility index (Phi) is 4.79. The molecule has 2 aromatic rings. The first-order valence-electron chi connectivity index (χ1n) is 9.71. The highest BCUT2D eigenvalue weighted by Crippen LogP contribution is 2.38. The van der Waals surface area contributed by atoms with Crippen LogP contribution in [0, 0.1) is 13.8 Å². The Morgan fingerprint density at radius 1 is 1.14 bits per heavy atom. The van der Waals surface area contributed by atoms with E-state index in [0.29, 0.717) is 24.7 Å². The maximum atomic E-state index is 12.9. The van der Waals surface area contributed by atoms with Gasteiger partial charge in [0.25, 0.3) is 5.56 Å². The number of carbonyl (C=O) groups is 1. The predicted octanol–water partition coefficient (Wildman–Crippen LogP) is 2.27. The Bertz CT molecular complexity index is 1090. The number of pyridine rings is 1. The summed E-state index contributed by atoms with van der Waals surface area (Å²) in [6.45, 7) is 4.73. The van der Waals surface area contributed by atoms with E-state index in [1.54, 1.807) is 0 Å². The van der Waals surface area contributed by atoms with E-state index >= 15 is 0 Å². The second-order valence-corrected chi connectivity index (χ2v) is 9.69. The van der Waals surface area contributed by atoms with Crippen molar-refractivity contribution in [1.29, 1.82) is 0 Å². The third-order valence-electron chi connectivity index (χ3n) is 5.67. The molecule has 1 aliphatic heterocycles. The topological polar surface area (TPSA) is 81.4 Å². The first-order valence-corrected chi connectivity index (χ1v) is 11.2. The van der Waals surface area contributed by atoms with Gasteiger partial charge in [-0.25, -0.2) is 8.42 Å². The number of carbonyl (C=O) groups excluding carboxylic acids is 1. The second kappa shape index (κ2) is 7.00. The Balaban J connectivity index is 1.62. The molecule has 0 radical (unpaired) electrons. The molecule has 2 aromatic heterocycles. The maximum Gasteiger partial charge on any atom is 0.251 e. The molecule has 0 N–H and O–H groups in total. The number of sulfonamides is 1. The number of aryl methyl sites for hydroxylation is 1. The van der Waals surface area contributed by atoms with Gasteiger partial charge in [-0.2, -0.15) is 4.31 Å². The molecule has 0 bridgehead atoms. The third kappa shape index (κ3) is 3.35. The molecule has 2 fully saturated rings. The van der Waals surface area contributed by atoms with Crippen molar-refractivity contribution in [2.75, 3.05) is 13.1 Å². The lowest BCUT2D eigenvalue weighted by molar-refractivity contribution is 0.0969. The summed E-state index contributed by atoms with van der Waals surface area (Å²) in [7, 11) is -3.63. The molecule has 1 saturated heterocycles. The zero-order valence-electron chi connectivity index (χ0n) is 16.2. The van der Waals surface area contributed by atoms with Gasteiger partial charge >= 0.3 is 0 Å². The van der Waals surface area contributed by atoms with E-state index in [2.05, 4.69) is 4.57 Å². The normalized spacial score (nSPS) is 17.9. The molecule has 4 rings (SSSR count). The van der Waals surface area contributed by atoms with Crippen LogP contribution in [0.2, 0.25) is 0 Å². The van der Waals surface area contributed by atoms with E-state index < -0.39 is 10.0 Å². The minimum atomic E-state index is -3.63. The molecule has 0 atom stereocenters. The van der Waals surface area contributed by atoms with Gasteiger partial charge in [0.05, 0.1) is 11.4 Å². The van der Waals surface area contributed by atoms with Crippen molar-refractivity contribution in [1.82, 2.24) is 13.4 Å². The minimum Gasteiger partial charge on any atom is -0.345 e. The summed E-state index contributed by atoms with van der Waals surface area (Å²) in [5.74, 6) is -0.183. The van der Waals surface area contributed by atoms with Gasteiger partial charge in [0.15, 0.2) is 5.78 Å². The van der Waals surface area contributed by atoms with Crippen molar-refractivity contribution in [3.8, 4) is 0 Å². The first-order chi connectivity index (χ1) is 13.3. The van der Waals surface area contributed by atoms with Crippen molar-refractivity contribution < 1.29 is 13.2 Å². The highest BCUT2D eigenvalue weighted by atomic mass is 32.2. The van der Waals surface area contributed by atoms with Crippen LogP contribution >= 0.6 is 0 Å². The number of nitrogens with zero attached hydrogens (tertiary/aromatic N) is 3.